The average molecular weight is 275 g/mol. The van der Waals surface area contributed by atoms with Gasteiger partial charge in [-0.25, -0.2) is 0 Å². The van der Waals surface area contributed by atoms with Crippen molar-refractivity contribution in [2.75, 3.05) is 5.32 Å². The van der Waals surface area contributed by atoms with Gasteiger partial charge in [-0.05, 0) is 48.7 Å². The topological polar surface area (TPSA) is 42.0 Å². The number of pyridine rings is 1. The van der Waals surface area contributed by atoms with Crippen molar-refractivity contribution >= 4 is 23.2 Å². The van der Waals surface area contributed by atoms with Gasteiger partial charge in [0.05, 0.1) is 0 Å². The van der Waals surface area contributed by atoms with Gasteiger partial charge in [-0.15, -0.1) is 0 Å². The summed E-state index contributed by atoms with van der Waals surface area (Å²) in [6.07, 6.45) is 4.60. The van der Waals surface area contributed by atoms with Gasteiger partial charge in [0.1, 0.15) is 0 Å². The zero-order valence-electron chi connectivity index (χ0n) is 10.7. The largest absolute Gasteiger partial charge is 0.326 e. The number of aromatic nitrogens is 1. The summed E-state index contributed by atoms with van der Waals surface area (Å²) >= 11 is 5.91. The van der Waals surface area contributed by atoms with E-state index in [1.807, 2.05) is 31.2 Å². The van der Waals surface area contributed by atoms with Crippen LogP contribution in [0.15, 0.2) is 42.7 Å². The van der Waals surface area contributed by atoms with E-state index in [1.165, 1.54) is 0 Å². The SMILES string of the molecule is Cc1ccc(Cl)cc1NC(=O)CCc1ccncc1. The van der Waals surface area contributed by atoms with Crippen LogP contribution < -0.4 is 5.32 Å². The maximum Gasteiger partial charge on any atom is 0.224 e. The standard InChI is InChI=1S/C15H15ClN2O/c1-11-2-4-13(16)10-14(11)18-15(19)5-3-12-6-8-17-9-7-12/h2,4,6-10H,3,5H2,1H3,(H,18,19). The zero-order chi connectivity index (χ0) is 13.7. The molecular formula is C15H15ClN2O. The van der Waals surface area contributed by atoms with Crippen LogP contribution in [0, 0.1) is 6.92 Å². The Labute approximate surface area is 117 Å². The summed E-state index contributed by atoms with van der Waals surface area (Å²) in [5.74, 6) is -0.0119. The minimum absolute atomic E-state index is 0.0119. The number of carbonyl (C=O) groups is 1. The van der Waals surface area contributed by atoms with Crippen LogP contribution in [0.3, 0.4) is 0 Å². The molecule has 0 aliphatic rings. The second-order valence-corrected chi connectivity index (χ2v) is 4.80. The molecule has 0 fully saturated rings. The van der Waals surface area contributed by atoms with Gasteiger partial charge < -0.3 is 5.32 Å². The van der Waals surface area contributed by atoms with Gasteiger partial charge in [-0.2, -0.15) is 0 Å². The molecule has 0 spiro atoms. The quantitative estimate of drug-likeness (QED) is 0.925. The first kappa shape index (κ1) is 13.6. The maximum absolute atomic E-state index is 11.9. The minimum atomic E-state index is -0.0119. The Balaban J connectivity index is 1.93. The van der Waals surface area contributed by atoms with Crippen molar-refractivity contribution in [2.24, 2.45) is 0 Å². The first-order valence-electron chi connectivity index (χ1n) is 6.10. The Morgan fingerprint density at radius 1 is 1.26 bits per heavy atom. The van der Waals surface area contributed by atoms with Crippen molar-refractivity contribution in [1.29, 1.82) is 0 Å². The van der Waals surface area contributed by atoms with Crippen molar-refractivity contribution in [3.05, 3.63) is 58.9 Å². The number of rotatable bonds is 4. The van der Waals surface area contributed by atoms with Gasteiger partial charge in [0.15, 0.2) is 0 Å². The summed E-state index contributed by atoms with van der Waals surface area (Å²) in [4.78, 5) is 15.8. The number of halogens is 1. The fourth-order valence-corrected chi connectivity index (χ4v) is 1.92. The maximum atomic E-state index is 11.9. The third kappa shape index (κ3) is 4.07. The van der Waals surface area contributed by atoms with Gasteiger partial charge in [-0.3, -0.25) is 9.78 Å². The highest BCUT2D eigenvalue weighted by Gasteiger charge is 2.05. The lowest BCUT2D eigenvalue weighted by Crippen LogP contribution is -2.13. The minimum Gasteiger partial charge on any atom is -0.326 e. The molecule has 0 saturated heterocycles. The third-order valence-electron chi connectivity index (χ3n) is 2.86. The Hall–Kier alpha value is -1.87. The Bertz CT molecular complexity index is 570. The molecule has 1 aromatic heterocycles. The van der Waals surface area contributed by atoms with E-state index in [9.17, 15) is 4.79 Å². The number of anilines is 1. The summed E-state index contributed by atoms with van der Waals surface area (Å²) in [6, 6.07) is 9.29. The molecule has 2 rings (SSSR count). The fraction of sp³-hybridized carbons (Fsp3) is 0.200. The highest BCUT2D eigenvalue weighted by atomic mass is 35.5. The van der Waals surface area contributed by atoms with Crippen LogP contribution in [0.5, 0.6) is 0 Å². The van der Waals surface area contributed by atoms with Gasteiger partial charge in [-0.1, -0.05) is 17.7 Å². The number of aryl methyl sites for hydroxylation is 2. The monoisotopic (exact) mass is 274 g/mol. The lowest BCUT2D eigenvalue weighted by atomic mass is 10.1. The predicted molar refractivity (Wildman–Crippen MR) is 77.4 cm³/mol. The molecule has 1 N–H and O–H groups in total. The molecule has 2 aromatic rings. The summed E-state index contributed by atoms with van der Waals surface area (Å²) in [5, 5.41) is 3.50. The van der Waals surface area contributed by atoms with Gasteiger partial charge in [0.2, 0.25) is 5.91 Å². The molecule has 0 bridgehead atoms. The van der Waals surface area contributed by atoms with E-state index >= 15 is 0 Å². The van der Waals surface area contributed by atoms with Crippen LogP contribution in [0.2, 0.25) is 5.02 Å². The molecule has 0 aliphatic carbocycles. The molecule has 19 heavy (non-hydrogen) atoms. The second kappa shape index (κ2) is 6.34. The molecule has 1 aromatic carbocycles. The van der Waals surface area contributed by atoms with Crippen molar-refractivity contribution < 1.29 is 4.79 Å². The average Bonchev–Trinajstić information content (AvgIpc) is 2.42. The van der Waals surface area contributed by atoms with Crippen LogP contribution >= 0.6 is 11.6 Å². The van der Waals surface area contributed by atoms with E-state index in [4.69, 9.17) is 11.6 Å². The summed E-state index contributed by atoms with van der Waals surface area (Å²) in [5.41, 5.74) is 2.88. The molecule has 0 atom stereocenters. The van der Waals surface area contributed by atoms with Crippen LogP contribution in [0.25, 0.3) is 0 Å². The molecule has 1 amide bonds. The summed E-state index contributed by atoms with van der Waals surface area (Å²) in [6.45, 7) is 1.94. The molecule has 0 unspecified atom stereocenters. The smallest absolute Gasteiger partial charge is 0.224 e. The van der Waals surface area contributed by atoms with E-state index in [2.05, 4.69) is 10.3 Å². The molecule has 0 aliphatic heterocycles. The van der Waals surface area contributed by atoms with E-state index in [1.54, 1.807) is 18.5 Å². The van der Waals surface area contributed by atoms with Gasteiger partial charge in [0.25, 0.3) is 0 Å². The Kier molecular flexibility index (Phi) is 4.53. The summed E-state index contributed by atoms with van der Waals surface area (Å²) in [7, 11) is 0. The van der Waals surface area contributed by atoms with E-state index in [0.717, 1.165) is 16.8 Å². The molecular weight excluding hydrogens is 260 g/mol. The lowest BCUT2D eigenvalue weighted by Gasteiger charge is -2.08. The molecule has 3 nitrogen and oxygen atoms in total. The van der Waals surface area contributed by atoms with Crippen molar-refractivity contribution in [3.63, 3.8) is 0 Å². The molecule has 1 heterocycles. The number of hydrogen-bond donors (Lipinski definition) is 1. The molecule has 98 valence electrons. The fourth-order valence-electron chi connectivity index (χ4n) is 1.75. The highest BCUT2D eigenvalue weighted by molar-refractivity contribution is 6.31. The van der Waals surface area contributed by atoms with Crippen LogP contribution in [0.1, 0.15) is 17.5 Å². The first-order chi connectivity index (χ1) is 9.15. The van der Waals surface area contributed by atoms with E-state index < -0.39 is 0 Å². The van der Waals surface area contributed by atoms with E-state index in [0.29, 0.717) is 17.9 Å². The zero-order valence-corrected chi connectivity index (χ0v) is 11.4. The van der Waals surface area contributed by atoms with Gasteiger partial charge in [0, 0.05) is 29.5 Å². The van der Waals surface area contributed by atoms with Crippen molar-refractivity contribution in [3.8, 4) is 0 Å². The third-order valence-corrected chi connectivity index (χ3v) is 3.10. The first-order valence-corrected chi connectivity index (χ1v) is 6.48. The van der Waals surface area contributed by atoms with Crippen molar-refractivity contribution in [1.82, 2.24) is 4.98 Å². The van der Waals surface area contributed by atoms with Crippen LogP contribution in [-0.2, 0) is 11.2 Å². The number of nitrogens with zero attached hydrogens (tertiary/aromatic N) is 1. The Morgan fingerprint density at radius 2 is 2.00 bits per heavy atom. The molecule has 0 radical (unpaired) electrons. The highest BCUT2D eigenvalue weighted by Crippen LogP contribution is 2.20. The molecule has 4 heteroatoms. The van der Waals surface area contributed by atoms with E-state index in [-0.39, 0.29) is 5.91 Å². The summed E-state index contributed by atoms with van der Waals surface area (Å²) < 4.78 is 0. The normalized spacial score (nSPS) is 10.2. The number of benzene rings is 1. The molecule has 0 saturated carbocycles. The van der Waals surface area contributed by atoms with Crippen LogP contribution in [-0.4, -0.2) is 10.9 Å². The number of hydrogen-bond acceptors (Lipinski definition) is 2. The second-order valence-electron chi connectivity index (χ2n) is 4.36. The van der Waals surface area contributed by atoms with Crippen LogP contribution in [0.4, 0.5) is 5.69 Å². The van der Waals surface area contributed by atoms with Gasteiger partial charge >= 0.3 is 0 Å². The number of carbonyl (C=O) groups excluding carboxylic acids is 1. The van der Waals surface area contributed by atoms with Crippen molar-refractivity contribution in [2.45, 2.75) is 19.8 Å². The number of nitrogens with one attached hydrogen (secondary N) is 1. The predicted octanol–water partition coefficient (Wildman–Crippen LogP) is 3.61. The lowest BCUT2D eigenvalue weighted by molar-refractivity contribution is -0.116. The Morgan fingerprint density at radius 3 is 2.74 bits per heavy atom. The number of amides is 1.